The molecule has 1 atom stereocenters. The lowest BCUT2D eigenvalue weighted by molar-refractivity contribution is -0.116. The Bertz CT molecular complexity index is 983. The highest BCUT2D eigenvalue weighted by Crippen LogP contribution is 2.36. The summed E-state index contributed by atoms with van der Waals surface area (Å²) in [5.41, 5.74) is 2.98. The van der Waals surface area contributed by atoms with Crippen molar-refractivity contribution in [1.29, 1.82) is 0 Å². The molecule has 1 saturated heterocycles. The molecule has 0 unspecified atom stereocenters. The van der Waals surface area contributed by atoms with E-state index in [0.29, 0.717) is 30.3 Å². The molecule has 1 fully saturated rings. The first-order chi connectivity index (χ1) is 13.4. The zero-order valence-corrected chi connectivity index (χ0v) is 17.0. The van der Waals surface area contributed by atoms with Crippen LogP contribution in [0, 0.1) is 0 Å². The number of pyridine rings is 1. The number of piperidine rings is 1. The molecule has 1 amide bonds. The lowest BCUT2D eigenvalue weighted by atomic mass is 9.91. The monoisotopic (exact) mass is 399 g/mol. The van der Waals surface area contributed by atoms with Gasteiger partial charge in [-0.15, -0.1) is 0 Å². The maximum absolute atomic E-state index is 13.2. The fourth-order valence-corrected chi connectivity index (χ4v) is 5.98. The number of carbonyl (C=O) groups is 1. The van der Waals surface area contributed by atoms with Gasteiger partial charge in [0.1, 0.15) is 0 Å². The van der Waals surface area contributed by atoms with Gasteiger partial charge in [-0.1, -0.05) is 0 Å². The minimum absolute atomic E-state index is 0.0139. The summed E-state index contributed by atoms with van der Waals surface area (Å²) < 4.78 is 27.9. The third-order valence-electron chi connectivity index (χ3n) is 5.88. The van der Waals surface area contributed by atoms with E-state index >= 15 is 0 Å². The molecule has 148 valence electrons. The van der Waals surface area contributed by atoms with Crippen LogP contribution in [0.25, 0.3) is 0 Å². The second-order valence-corrected chi connectivity index (χ2v) is 9.63. The highest BCUT2D eigenvalue weighted by atomic mass is 32.2. The smallest absolute Gasteiger partial charge is 0.243 e. The van der Waals surface area contributed by atoms with Crippen molar-refractivity contribution >= 4 is 21.6 Å². The van der Waals surface area contributed by atoms with Gasteiger partial charge in [0.15, 0.2) is 0 Å². The van der Waals surface area contributed by atoms with Crippen LogP contribution in [0.5, 0.6) is 0 Å². The van der Waals surface area contributed by atoms with Crippen LogP contribution in [-0.4, -0.2) is 42.7 Å². The summed E-state index contributed by atoms with van der Waals surface area (Å²) >= 11 is 0. The van der Waals surface area contributed by atoms with Crippen molar-refractivity contribution in [3.05, 3.63) is 53.9 Å². The molecule has 0 radical (unpaired) electrons. The van der Waals surface area contributed by atoms with Crippen LogP contribution in [0.3, 0.4) is 0 Å². The Hall–Kier alpha value is -2.25. The fourth-order valence-electron chi connectivity index (χ4n) is 4.46. The predicted octanol–water partition coefficient (Wildman–Crippen LogP) is 2.95. The van der Waals surface area contributed by atoms with Crippen molar-refractivity contribution < 1.29 is 13.2 Å². The molecule has 1 aromatic heterocycles. The highest BCUT2D eigenvalue weighted by molar-refractivity contribution is 7.89. The van der Waals surface area contributed by atoms with E-state index in [0.717, 1.165) is 24.1 Å². The maximum Gasteiger partial charge on any atom is 0.243 e. The summed E-state index contributed by atoms with van der Waals surface area (Å²) in [4.78, 5) is 18.0. The molecule has 6 nitrogen and oxygen atoms in total. The molecular weight excluding hydrogens is 374 g/mol. The number of benzene rings is 1. The van der Waals surface area contributed by atoms with Crippen molar-refractivity contribution in [2.75, 3.05) is 18.0 Å². The molecule has 0 N–H and O–H groups in total. The van der Waals surface area contributed by atoms with E-state index in [4.69, 9.17) is 0 Å². The van der Waals surface area contributed by atoms with E-state index < -0.39 is 10.0 Å². The standard InChI is InChI=1S/C21H25N3O3S/c1-15-13-19-14-20(3-4-21(19)24(15)16(2)25)28(26,27)23-11-7-18(8-12-23)17-5-9-22-10-6-17/h3-6,9-10,14-15,18H,7-8,11-13H2,1-2H3/t15-/m1/s1. The van der Waals surface area contributed by atoms with E-state index in [1.54, 1.807) is 46.7 Å². The first-order valence-corrected chi connectivity index (χ1v) is 11.1. The summed E-state index contributed by atoms with van der Waals surface area (Å²) in [6, 6.07) is 9.24. The summed E-state index contributed by atoms with van der Waals surface area (Å²) in [6.45, 7) is 4.56. The minimum atomic E-state index is -3.53. The van der Waals surface area contributed by atoms with E-state index in [1.807, 2.05) is 19.1 Å². The van der Waals surface area contributed by atoms with Gasteiger partial charge in [0, 0.05) is 44.1 Å². The summed E-state index contributed by atoms with van der Waals surface area (Å²) in [5, 5.41) is 0. The van der Waals surface area contributed by atoms with Gasteiger partial charge >= 0.3 is 0 Å². The molecule has 3 heterocycles. The molecule has 28 heavy (non-hydrogen) atoms. The zero-order valence-electron chi connectivity index (χ0n) is 16.2. The Morgan fingerprint density at radius 3 is 2.43 bits per heavy atom. The van der Waals surface area contributed by atoms with Crippen molar-refractivity contribution in [1.82, 2.24) is 9.29 Å². The highest BCUT2D eigenvalue weighted by Gasteiger charge is 2.33. The number of aromatic nitrogens is 1. The second kappa shape index (κ2) is 7.29. The number of anilines is 1. The molecule has 0 bridgehead atoms. The van der Waals surface area contributed by atoms with Crippen molar-refractivity contribution in [2.24, 2.45) is 0 Å². The number of fused-ring (bicyclic) bond motifs is 1. The number of carbonyl (C=O) groups excluding carboxylic acids is 1. The van der Waals surface area contributed by atoms with Crippen LogP contribution in [0.2, 0.25) is 0 Å². The Morgan fingerprint density at radius 1 is 1.11 bits per heavy atom. The lowest BCUT2D eigenvalue weighted by Gasteiger charge is -2.31. The summed E-state index contributed by atoms with van der Waals surface area (Å²) in [6.07, 6.45) is 5.87. The molecular formula is C21H25N3O3S. The number of sulfonamides is 1. The molecule has 0 aliphatic carbocycles. The van der Waals surface area contributed by atoms with Gasteiger partial charge in [-0.05, 0) is 73.6 Å². The van der Waals surface area contributed by atoms with Crippen LogP contribution >= 0.6 is 0 Å². The second-order valence-electron chi connectivity index (χ2n) is 7.69. The van der Waals surface area contributed by atoms with Crippen LogP contribution in [0.1, 0.15) is 43.7 Å². The van der Waals surface area contributed by atoms with E-state index in [9.17, 15) is 13.2 Å². The Morgan fingerprint density at radius 2 is 1.79 bits per heavy atom. The normalized spacial score (nSPS) is 20.9. The predicted molar refractivity (Wildman–Crippen MR) is 108 cm³/mol. The number of nitrogens with zero attached hydrogens (tertiary/aromatic N) is 3. The molecule has 0 saturated carbocycles. The Balaban J connectivity index is 1.52. The zero-order chi connectivity index (χ0) is 19.9. The molecule has 4 rings (SSSR count). The largest absolute Gasteiger partial charge is 0.309 e. The number of rotatable bonds is 3. The summed E-state index contributed by atoms with van der Waals surface area (Å²) in [5.74, 6) is 0.361. The third kappa shape index (κ3) is 3.33. The van der Waals surface area contributed by atoms with Crippen molar-refractivity contribution in [3.8, 4) is 0 Å². The van der Waals surface area contributed by atoms with Gasteiger partial charge in [0.05, 0.1) is 4.90 Å². The first kappa shape index (κ1) is 19.1. The van der Waals surface area contributed by atoms with Gasteiger partial charge in [-0.2, -0.15) is 4.31 Å². The summed E-state index contributed by atoms with van der Waals surface area (Å²) in [7, 11) is -3.53. The number of hydrogen-bond acceptors (Lipinski definition) is 4. The molecule has 0 spiro atoms. The van der Waals surface area contributed by atoms with Crippen LogP contribution in [-0.2, 0) is 21.2 Å². The van der Waals surface area contributed by atoms with Crippen LogP contribution in [0.15, 0.2) is 47.6 Å². The minimum Gasteiger partial charge on any atom is -0.309 e. The van der Waals surface area contributed by atoms with Gasteiger partial charge in [0.25, 0.3) is 0 Å². The Labute approximate surface area is 166 Å². The molecule has 2 aliphatic rings. The van der Waals surface area contributed by atoms with Gasteiger partial charge in [0.2, 0.25) is 15.9 Å². The topological polar surface area (TPSA) is 70.6 Å². The van der Waals surface area contributed by atoms with Crippen molar-refractivity contribution in [2.45, 2.75) is 50.0 Å². The van der Waals surface area contributed by atoms with Gasteiger partial charge in [-0.25, -0.2) is 8.42 Å². The molecule has 2 aromatic rings. The van der Waals surface area contributed by atoms with E-state index in [-0.39, 0.29) is 11.9 Å². The van der Waals surface area contributed by atoms with Gasteiger partial charge in [-0.3, -0.25) is 9.78 Å². The fraction of sp³-hybridized carbons (Fsp3) is 0.429. The third-order valence-corrected chi connectivity index (χ3v) is 7.77. The molecule has 2 aliphatic heterocycles. The number of hydrogen-bond donors (Lipinski definition) is 0. The lowest BCUT2D eigenvalue weighted by Crippen LogP contribution is -2.37. The average molecular weight is 400 g/mol. The maximum atomic E-state index is 13.2. The molecule has 1 aromatic carbocycles. The number of amides is 1. The first-order valence-electron chi connectivity index (χ1n) is 9.70. The quantitative estimate of drug-likeness (QED) is 0.796. The van der Waals surface area contributed by atoms with E-state index in [2.05, 4.69) is 4.98 Å². The molecule has 7 heteroatoms. The Kier molecular flexibility index (Phi) is 4.97. The SMILES string of the molecule is CC(=O)N1c2ccc(S(=O)(=O)N3CCC(c4ccncc4)CC3)cc2C[C@H]1C. The van der Waals surface area contributed by atoms with Crippen LogP contribution in [0.4, 0.5) is 5.69 Å². The van der Waals surface area contributed by atoms with Crippen LogP contribution < -0.4 is 4.90 Å². The van der Waals surface area contributed by atoms with E-state index in [1.165, 1.54) is 5.56 Å². The van der Waals surface area contributed by atoms with Gasteiger partial charge < -0.3 is 4.90 Å². The average Bonchev–Trinajstić information content (AvgIpc) is 3.04. The van der Waals surface area contributed by atoms with Crippen molar-refractivity contribution in [3.63, 3.8) is 0 Å².